The minimum absolute atomic E-state index is 0.882. The molecule has 3 heteroatoms. The first-order valence-electron chi connectivity index (χ1n) is 23.6. The molecule has 0 atom stereocenters. The van der Waals surface area contributed by atoms with Crippen molar-refractivity contribution in [3.8, 4) is 61.3 Å². The average molecular weight is 881 g/mol. The van der Waals surface area contributed by atoms with Crippen molar-refractivity contribution in [3.63, 3.8) is 0 Å². The second-order valence-corrected chi connectivity index (χ2v) is 17.6. The van der Waals surface area contributed by atoms with Gasteiger partial charge in [-0.25, -0.2) is 0 Å². The van der Waals surface area contributed by atoms with Crippen molar-refractivity contribution in [3.05, 3.63) is 267 Å². The fourth-order valence-corrected chi connectivity index (χ4v) is 10.4. The lowest BCUT2D eigenvalue weighted by molar-refractivity contribution is 0.670. The quantitative estimate of drug-likeness (QED) is 0.144. The summed E-state index contributed by atoms with van der Waals surface area (Å²) >= 11 is 0. The number of para-hydroxylation sites is 6. The van der Waals surface area contributed by atoms with Gasteiger partial charge in [0.1, 0.15) is 11.2 Å². The number of aromatic nitrogens is 1. The standard InChI is InChI=1S/C66H44N2O/c1-2-18-45(19-3-1)48-20-16-21-49(44-48)46-36-40-50(41-37-46)67(61-31-11-9-27-57(61)59-29-17-30-60-58-28-10-15-35-65(58)69-66(59)60)51-42-38-47(39-43-51)52-22-4-5-23-53(52)54-24-6-12-32-62(54)68-63-33-13-7-25-55(63)56-26-8-14-34-64(56)68/h1-44H. The van der Waals surface area contributed by atoms with Gasteiger partial charge in [-0.1, -0.05) is 206 Å². The van der Waals surface area contributed by atoms with Gasteiger partial charge >= 0.3 is 0 Å². The second kappa shape index (κ2) is 16.9. The number of fused-ring (bicyclic) bond motifs is 6. The third kappa shape index (κ3) is 6.99. The van der Waals surface area contributed by atoms with E-state index in [1.807, 2.05) is 6.07 Å². The molecule has 0 bridgehead atoms. The number of hydrogen-bond donors (Lipinski definition) is 0. The van der Waals surface area contributed by atoms with E-state index in [-0.39, 0.29) is 0 Å². The van der Waals surface area contributed by atoms with Gasteiger partial charge in [0.25, 0.3) is 0 Å². The van der Waals surface area contributed by atoms with Gasteiger partial charge in [0.15, 0.2) is 0 Å². The number of hydrogen-bond acceptors (Lipinski definition) is 2. The molecule has 69 heavy (non-hydrogen) atoms. The smallest absolute Gasteiger partial charge is 0.143 e. The Morgan fingerprint density at radius 3 is 1.48 bits per heavy atom. The van der Waals surface area contributed by atoms with E-state index in [9.17, 15) is 0 Å². The maximum atomic E-state index is 6.66. The summed E-state index contributed by atoms with van der Waals surface area (Å²) in [5, 5.41) is 4.72. The van der Waals surface area contributed by atoms with Crippen molar-refractivity contribution in [2.24, 2.45) is 0 Å². The van der Waals surface area contributed by atoms with Crippen LogP contribution in [0, 0.1) is 0 Å². The van der Waals surface area contributed by atoms with Gasteiger partial charge < -0.3 is 13.9 Å². The first-order chi connectivity index (χ1) is 34.2. The predicted molar refractivity (Wildman–Crippen MR) is 290 cm³/mol. The van der Waals surface area contributed by atoms with Crippen molar-refractivity contribution in [1.82, 2.24) is 4.57 Å². The molecule has 324 valence electrons. The number of anilines is 3. The second-order valence-electron chi connectivity index (χ2n) is 17.6. The Kier molecular flexibility index (Phi) is 9.84. The first kappa shape index (κ1) is 40.1. The minimum Gasteiger partial charge on any atom is -0.455 e. The first-order valence-corrected chi connectivity index (χ1v) is 23.6. The Hall–Kier alpha value is -9.18. The van der Waals surface area contributed by atoms with Crippen molar-refractivity contribution in [2.45, 2.75) is 0 Å². The van der Waals surface area contributed by atoms with Crippen LogP contribution in [0.4, 0.5) is 17.1 Å². The van der Waals surface area contributed by atoms with Gasteiger partial charge in [0.2, 0.25) is 0 Å². The van der Waals surface area contributed by atoms with Crippen LogP contribution < -0.4 is 4.90 Å². The lowest BCUT2D eigenvalue weighted by atomic mass is 9.93. The maximum absolute atomic E-state index is 6.66. The molecule has 0 unspecified atom stereocenters. The Labute approximate surface area is 401 Å². The highest BCUT2D eigenvalue weighted by Gasteiger charge is 2.22. The summed E-state index contributed by atoms with van der Waals surface area (Å²) in [7, 11) is 0. The molecule has 0 aliphatic carbocycles. The lowest BCUT2D eigenvalue weighted by Gasteiger charge is -2.28. The van der Waals surface area contributed by atoms with Crippen LogP contribution in [0.3, 0.4) is 0 Å². The zero-order valence-electron chi connectivity index (χ0n) is 37.7. The van der Waals surface area contributed by atoms with E-state index >= 15 is 0 Å². The molecule has 3 nitrogen and oxygen atoms in total. The van der Waals surface area contributed by atoms with E-state index < -0.39 is 0 Å². The number of rotatable bonds is 9. The summed E-state index contributed by atoms with van der Waals surface area (Å²) in [6.45, 7) is 0. The van der Waals surface area contributed by atoms with Crippen LogP contribution in [0.2, 0.25) is 0 Å². The Bertz CT molecular complexity index is 3960. The zero-order chi connectivity index (χ0) is 45.7. The molecule has 0 aliphatic rings. The highest BCUT2D eigenvalue weighted by Crippen LogP contribution is 2.46. The van der Waals surface area contributed by atoms with E-state index in [1.165, 1.54) is 55.2 Å². The molecular weight excluding hydrogens is 837 g/mol. The molecule has 2 aromatic heterocycles. The molecule has 0 N–H and O–H groups in total. The van der Waals surface area contributed by atoms with E-state index in [4.69, 9.17) is 4.42 Å². The van der Waals surface area contributed by atoms with E-state index in [0.717, 1.165) is 66.9 Å². The van der Waals surface area contributed by atoms with Crippen LogP contribution in [0.1, 0.15) is 0 Å². The van der Waals surface area contributed by atoms with Gasteiger partial charge in [-0.05, 0) is 99.6 Å². The highest BCUT2D eigenvalue weighted by atomic mass is 16.3. The number of furan rings is 1. The molecule has 0 saturated carbocycles. The Balaban J connectivity index is 0.937. The molecule has 0 aliphatic heterocycles. The van der Waals surface area contributed by atoms with Crippen LogP contribution in [-0.4, -0.2) is 4.57 Å². The lowest BCUT2D eigenvalue weighted by Crippen LogP contribution is -2.11. The molecule has 13 aromatic rings. The fraction of sp³-hybridized carbons (Fsp3) is 0. The van der Waals surface area contributed by atoms with Gasteiger partial charge in [0, 0.05) is 49.6 Å². The molecule has 2 heterocycles. The third-order valence-electron chi connectivity index (χ3n) is 13.6. The summed E-state index contributed by atoms with van der Waals surface area (Å²) < 4.78 is 9.08. The summed E-state index contributed by atoms with van der Waals surface area (Å²) in [6, 6.07) is 96.0. The molecule has 0 radical (unpaired) electrons. The normalized spacial score (nSPS) is 11.5. The van der Waals surface area contributed by atoms with Crippen molar-refractivity contribution in [2.75, 3.05) is 4.90 Å². The highest BCUT2D eigenvalue weighted by molar-refractivity contribution is 6.12. The van der Waals surface area contributed by atoms with Gasteiger partial charge in [-0.15, -0.1) is 0 Å². The predicted octanol–water partition coefficient (Wildman–Crippen LogP) is 18.5. The molecule has 0 saturated heterocycles. The van der Waals surface area contributed by atoms with Crippen LogP contribution >= 0.6 is 0 Å². The maximum Gasteiger partial charge on any atom is 0.143 e. The topological polar surface area (TPSA) is 21.3 Å². The van der Waals surface area contributed by atoms with Crippen molar-refractivity contribution < 1.29 is 4.42 Å². The van der Waals surface area contributed by atoms with E-state index in [1.54, 1.807) is 0 Å². The fourth-order valence-electron chi connectivity index (χ4n) is 10.4. The van der Waals surface area contributed by atoms with Crippen molar-refractivity contribution >= 4 is 60.8 Å². The monoisotopic (exact) mass is 880 g/mol. The van der Waals surface area contributed by atoms with Crippen LogP contribution in [0.5, 0.6) is 0 Å². The van der Waals surface area contributed by atoms with Gasteiger partial charge in [-0.3, -0.25) is 0 Å². The molecule has 0 fully saturated rings. The van der Waals surface area contributed by atoms with Crippen LogP contribution in [0.25, 0.3) is 105 Å². The molecule has 0 spiro atoms. The summed E-state index contributed by atoms with van der Waals surface area (Å²) in [4.78, 5) is 2.38. The summed E-state index contributed by atoms with van der Waals surface area (Å²) in [5.41, 5.74) is 20.0. The van der Waals surface area contributed by atoms with Crippen LogP contribution in [-0.2, 0) is 0 Å². The number of benzene rings is 11. The number of nitrogens with zero attached hydrogens (tertiary/aromatic N) is 2. The molecular formula is C66H44N2O. The molecule has 11 aromatic carbocycles. The zero-order valence-corrected chi connectivity index (χ0v) is 37.7. The summed E-state index contributed by atoms with van der Waals surface area (Å²) in [6.07, 6.45) is 0. The largest absolute Gasteiger partial charge is 0.455 e. The van der Waals surface area contributed by atoms with Crippen LogP contribution in [0.15, 0.2) is 271 Å². The van der Waals surface area contributed by atoms with Gasteiger partial charge in [-0.2, -0.15) is 0 Å². The SMILES string of the molecule is c1ccc(-c2cccc(-c3ccc(N(c4ccc(-c5ccccc5-c5ccccc5-n5c6ccccc6c6ccccc65)cc4)c4ccccc4-c4cccc5c4oc4ccccc45)cc3)c2)cc1. The van der Waals surface area contributed by atoms with E-state index in [0.29, 0.717) is 0 Å². The van der Waals surface area contributed by atoms with Crippen molar-refractivity contribution in [1.29, 1.82) is 0 Å². The third-order valence-corrected chi connectivity index (χ3v) is 13.6. The molecule has 13 rings (SSSR count). The summed E-state index contributed by atoms with van der Waals surface area (Å²) in [5.74, 6) is 0. The van der Waals surface area contributed by atoms with E-state index in [2.05, 4.69) is 270 Å². The van der Waals surface area contributed by atoms with Gasteiger partial charge in [0.05, 0.1) is 22.4 Å². The Morgan fingerprint density at radius 2 is 0.768 bits per heavy atom. The molecule has 0 amide bonds. The Morgan fingerprint density at radius 1 is 0.290 bits per heavy atom. The average Bonchev–Trinajstić information content (AvgIpc) is 3.98. The minimum atomic E-state index is 0.882.